The molecular formula is C27H33NO2. The van der Waals surface area contributed by atoms with Crippen molar-refractivity contribution in [1.82, 2.24) is 4.90 Å². The molecule has 1 N–H and O–H groups in total. The van der Waals surface area contributed by atoms with Crippen molar-refractivity contribution in [2.75, 3.05) is 7.05 Å². The maximum Gasteiger partial charge on any atom is 0.307 e. The molecule has 0 saturated heterocycles. The van der Waals surface area contributed by atoms with Gasteiger partial charge in [-0.2, -0.15) is 0 Å². The van der Waals surface area contributed by atoms with Crippen LogP contribution < -0.4 is 0 Å². The number of carboxylic acids is 1. The molecule has 5 rings (SSSR count). The maximum absolute atomic E-state index is 11.0. The Labute approximate surface area is 180 Å². The van der Waals surface area contributed by atoms with E-state index in [4.69, 9.17) is 5.11 Å². The number of hydrogen-bond donors (Lipinski definition) is 1. The van der Waals surface area contributed by atoms with Gasteiger partial charge in [0.15, 0.2) is 0 Å². The molecular weight excluding hydrogens is 370 g/mol. The standard InChI is InChI=1S/C27H33NO2/c1-27(2)13-12-24(28(3)21-10-11-21)26-22(19-8-9-19)15-20(16-23(26)27)18-6-4-17(5-7-18)14-25(29)30/h4-7,15-16,19,21,24H,8-14H2,1-3H3,(H,29,30). The van der Waals surface area contributed by atoms with E-state index in [-0.39, 0.29) is 11.8 Å². The summed E-state index contributed by atoms with van der Waals surface area (Å²) in [5.74, 6) is -0.0610. The molecule has 2 saturated carbocycles. The highest BCUT2D eigenvalue weighted by Gasteiger charge is 2.42. The molecule has 0 aliphatic heterocycles. The number of benzene rings is 2. The smallest absolute Gasteiger partial charge is 0.307 e. The fourth-order valence-electron chi connectivity index (χ4n) is 5.42. The first kappa shape index (κ1) is 19.8. The van der Waals surface area contributed by atoms with Gasteiger partial charge < -0.3 is 5.11 Å². The fraction of sp³-hybridized carbons (Fsp3) is 0.519. The number of fused-ring (bicyclic) bond motifs is 1. The van der Waals surface area contributed by atoms with E-state index in [1.807, 2.05) is 12.1 Å². The Morgan fingerprint density at radius 3 is 2.33 bits per heavy atom. The lowest BCUT2D eigenvalue weighted by Gasteiger charge is -2.42. The Kier molecular flexibility index (Phi) is 4.77. The molecule has 2 aromatic rings. The minimum atomic E-state index is -0.778. The minimum Gasteiger partial charge on any atom is -0.481 e. The predicted molar refractivity (Wildman–Crippen MR) is 121 cm³/mol. The first-order valence-electron chi connectivity index (χ1n) is 11.5. The van der Waals surface area contributed by atoms with Gasteiger partial charge in [-0.1, -0.05) is 50.2 Å². The maximum atomic E-state index is 11.0. The van der Waals surface area contributed by atoms with Gasteiger partial charge in [0.1, 0.15) is 0 Å². The summed E-state index contributed by atoms with van der Waals surface area (Å²) >= 11 is 0. The molecule has 0 heterocycles. The zero-order chi connectivity index (χ0) is 21.0. The lowest BCUT2D eigenvalue weighted by atomic mass is 9.68. The van der Waals surface area contributed by atoms with Crippen molar-refractivity contribution in [3.63, 3.8) is 0 Å². The highest BCUT2D eigenvalue weighted by atomic mass is 16.4. The van der Waals surface area contributed by atoms with Crippen molar-refractivity contribution < 1.29 is 9.90 Å². The number of nitrogens with zero attached hydrogens (tertiary/aromatic N) is 1. The molecule has 0 radical (unpaired) electrons. The third kappa shape index (κ3) is 3.69. The summed E-state index contributed by atoms with van der Waals surface area (Å²) in [6.45, 7) is 4.82. The zero-order valence-corrected chi connectivity index (χ0v) is 18.4. The number of aliphatic carboxylic acids is 1. The Hall–Kier alpha value is -2.13. The summed E-state index contributed by atoms with van der Waals surface area (Å²) in [4.78, 5) is 13.7. The van der Waals surface area contributed by atoms with Crippen molar-refractivity contribution in [3.05, 3.63) is 58.7 Å². The van der Waals surface area contributed by atoms with Gasteiger partial charge in [-0.3, -0.25) is 9.69 Å². The molecule has 0 spiro atoms. The predicted octanol–water partition coefficient (Wildman–Crippen LogP) is 6.06. The number of carbonyl (C=O) groups is 1. The molecule has 158 valence electrons. The van der Waals surface area contributed by atoms with E-state index in [1.54, 1.807) is 16.7 Å². The molecule has 3 nitrogen and oxygen atoms in total. The van der Waals surface area contributed by atoms with E-state index in [0.29, 0.717) is 12.0 Å². The summed E-state index contributed by atoms with van der Waals surface area (Å²) in [5.41, 5.74) is 8.30. The van der Waals surface area contributed by atoms with Crippen LogP contribution in [0.4, 0.5) is 0 Å². The molecule has 3 aliphatic rings. The second kappa shape index (κ2) is 7.23. The van der Waals surface area contributed by atoms with Crippen LogP contribution in [-0.2, 0) is 16.6 Å². The van der Waals surface area contributed by atoms with E-state index in [9.17, 15) is 4.79 Å². The summed E-state index contributed by atoms with van der Waals surface area (Å²) in [7, 11) is 2.34. The van der Waals surface area contributed by atoms with Crippen LogP contribution in [0.2, 0.25) is 0 Å². The fourth-order valence-corrected chi connectivity index (χ4v) is 5.42. The largest absolute Gasteiger partial charge is 0.481 e. The van der Waals surface area contributed by atoms with Crippen LogP contribution in [0, 0.1) is 0 Å². The first-order chi connectivity index (χ1) is 14.3. The SMILES string of the molecule is CN(C1CC1)C1CCC(C)(C)c2cc(-c3ccc(CC(=O)O)cc3)cc(C3CC3)c21. The lowest BCUT2D eigenvalue weighted by Crippen LogP contribution is -2.36. The van der Waals surface area contributed by atoms with E-state index in [0.717, 1.165) is 11.6 Å². The highest BCUT2D eigenvalue weighted by Crippen LogP contribution is 2.53. The van der Waals surface area contributed by atoms with Crippen LogP contribution in [0.15, 0.2) is 36.4 Å². The van der Waals surface area contributed by atoms with Gasteiger partial charge in [0.2, 0.25) is 0 Å². The number of hydrogen-bond acceptors (Lipinski definition) is 2. The van der Waals surface area contributed by atoms with Gasteiger partial charge in [-0.25, -0.2) is 0 Å². The number of rotatable bonds is 6. The average Bonchev–Trinajstić information content (AvgIpc) is 3.61. The molecule has 2 aromatic carbocycles. The molecule has 0 bridgehead atoms. The van der Waals surface area contributed by atoms with Crippen molar-refractivity contribution in [2.45, 2.75) is 82.2 Å². The van der Waals surface area contributed by atoms with Crippen molar-refractivity contribution >= 4 is 5.97 Å². The monoisotopic (exact) mass is 403 g/mol. The van der Waals surface area contributed by atoms with E-state index in [2.05, 4.69) is 50.1 Å². The summed E-state index contributed by atoms with van der Waals surface area (Å²) < 4.78 is 0. The molecule has 1 atom stereocenters. The summed E-state index contributed by atoms with van der Waals surface area (Å²) in [6, 6.07) is 14.4. The molecule has 1 unspecified atom stereocenters. The lowest BCUT2D eigenvalue weighted by molar-refractivity contribution is -0.136. The number of carboxylic acid groups (broad SMARTS) is 1. The molecule has 3 heteroatoms. The van der Waals surface area contributed by atoms with Crippen molar-refractivity contribution in [1.29, 1.82) is 0 Å². The normalized spacial score (nSPS) is 22.7. The van der Waals surface area contributed by atoms with Crippen LogP contribution >= 0.6 is 0 Å². The zero-order valence-electron chi connectivity index (χ0n) is 18.4. The Balaban J connectivity index is 1.59. The average molecular weight is 404 g/mol. The molecule has 3 aliphatic carbocycles. The third-order valence-electron chi connectivity index (χ3n) is 7.59. The van der Waals surface area contributed by atoms with Gasteiger partial charge in [0.05, 0.1) is 6.42 Å². The van der Waals surface area contributed by atoms with Crippen molar-refractivity contribution in [2.24, 2.45) is 0 Å². The Bertz CT molecular complexity index is 967. The van der Waals surface area contributed by atoms with Gasteiger partial charge in [0.25, 0.3) is 0 Å². The van der Waals surface area contributed by atoms with Gasteiger partial charge in [-0.15, -0.1) is 0 Å². The third-order valence-corrected chi connectivity index (χ3v) is 7.59. The van der Waals surface area contributed by atoms with Gasteiger partial charge in [-0.05, 0) is 90.3 Å². The Morgan fingerprint density at radius 1 is 1.03 bits per heavy atom. The van der Waals surface area contributed by atoms with E-state index < -0.39 is 5.97 Å². The highest BCUT2D eigenvalue weighted by molar-refractivity contribution is 5.72. The molecule has 30 heavy (non-hydrogen) atoms. The summed E-state index contributed by atoms with van der Waals surface area (Å²) in [6.07, 6.45) is 7.90. The van der Waals surface area contributed by atoms with Crippen LogP contribution in [-0.4, -0.2) is 29.1 Å². The quantitative estimate of drug-likeness (QED) is 0.637. The minimum absolute atomic E-state index is 0.0833. The second-order valence-electron chi connectivity index (χ2n) is 10.4. The second-order valence-corrected chi connectivity index (χ2v) is 10.4. The van der Waals surface area contributed by atoms with Gasteiger partial charge in [0, 0.05) is 12.1 Å². The van der Waals surface area contributed by atoms with Gasteiger partial charge >= 0.3 is 5.97 Å². The topological polar surface area (TPSA) is 40.5 Å². The van der Waals surface area contributed by atoms with Crippen LogP contribution in [0.3, 0.4) is 0 Å². The van der Waals surface area contributed by atoms with E-state index in [1.165, 1.54) is 49.7 Å². The summed E-state index contributed by atoms with van der Waals surface area (Å²) in [5, 5.41) is 9.06. The van der Waals surface area contributed by atoms with E-state index >= 15 is 0 Å². The van der Waals surface area contributed by atoms with Crippen LogP contribution in [0.5, 0.6) is 0 Å². The molecule has 2 fully saturated rings. The Morgan fingerprint density at radius 2 is 1.73 bits per heavy atom. The van der Waals surface area contributed by atoms with Crippen LogP contribution in [0.1, 0.15) is 86.6 Å². The van der Waals surface area contributed by atoms with Crippen molar-refractivity contribution in [3.8, 4) is 11.1 Å². The molecule has 0 amide bonds. The molecule has 0 aromatic heterocycles. The van der Waals surface area contributed by atoms with Crippen LogP contribution in [0.25, 0.3) is 11.1 Å². The first-order valence-corrected chi connectivity index (χ1v) is 11.5.